The summed E-state index contributed by atoms with van der Waals surface area (Å²) >= 11 is 0. The summed E-state index contributed by atoms with van der Waals surface area (Å²) in [6, 6.07) is 6.41. The summed E-state index contributed by atoms with van der Waals surface area (Å²) in [5, 5.41) is 0. The molecular formula is C18H24FNO4. The average molecular weight is 337 g/mol. The van der Waals surface area contributed by atoms with Crippen LogP contribution in [-0.4, -0.2) is 50.2 Å². The average Bonchev–Trinajstić information content (AvgIpc) is 2.57. The van der Waals surface area contributed by atoms with Crippen molar-refractivity contribution >= 4 is 11.9 Å². The minimum absolute atomic E-state index is 0.0292. The van der Waals surface area contributed by atoms with Crippen molar-refractivity contribution in [3.63, 3.8) is 0 Å². The number of halogens is 1. The highest BCUT2D eigenvalue weighted by molar-refractivity contribution is 5.81. The third-order valence-corrected chi connectivity index (χ3v) is 4.39. The Balaban J connectivity index is 2.28. The fourth-order valence-corrected chi connectivity index (χ4v) is 3.23. The predicted molar refractivity (Wildman–Crippen MR) is 86.9 cm³/mol. The summed E-state index contributed by atoms with van der Waals surface area (Å²) in [5.41, 5.74) is -0.452. The number of piperidine rings is 1. The Hall–Kier alpha value is -1.95. The van der Waals surface area contributed by atoms with Crippen molar-refractivity contribution in [2.24, 2.45) is 5.41 Å². The normalized spacial score (nSPS) is 20.7. The van der Waals surface area contributed by atoms with Gasteiger partial charge in [0.05, 0.1) is 12.0 Å². The largest absolute Gasteiger partial charge is 0.466 e. The Morgan fingerprint density at radius 2 is 2.08 bits per heavy atom. The van der Waals surface area contributed by atoms with Gasteiger partial charge in [0.25, 0.3) is 0 Å². The molecule has 2 rings (SSSR count). The van der Waals surface area contributed by atoms with Crippen LogP contribution in [0.2, 0.25) is 0 Å². The van der Waals surface area contributed by atoms with Crippen molar-refractivity contribution in [1.82, 2.24) is 4.90 Å². The van der Waals surface area contributed by atoms with Crippen LogP contribution in [0.25, 0.3) is 0 Å². The Bertz CT molecular complexity index is 592. The molecule has 0 aromatic heterocycles. The van der Waals surface area contributed by atoms with E-state index in [1.165, 1.54) is 13.2 Å². The second-order valence-electron chi connectivity index (χ2n) is 6.12. The molecule has 0 saturated carbocycles. The first-order valence-electron chi connectivity index (χ1n) is 8.20. The molecule has 1 aromatic carbocycles. The summed E-state index contributed by atoms with van der Waals surface area (Å²) in [6.07, 6.45) is 1.45. The second kappa shape index (κ2) is 8.24. The van der Waals surface area contributed by atoms with Gasteiger partial charge in [-0.15, -0.1) is 0 Å². The van der Waals surface area contributed by atoms with Crippen molar-refractivity contribution in [2.45, 2.75) is 26.2 Å². The Morgan fingerprint density at radius 3 is 2.75 bits per heavy atom. The predicted octanol–water partition coefficient (Wildman–Crippen LogP) is 2.19. The first-order chi connectivity index (χ1) is 11.5. The topological polar surface area (TPSA) is 55.8 Å². The molecule has 0 radical (unpaired) electrons. The third kappa shape index (κ3) is 4.12. The lowest BCUT2D eigenvalue weighted by atomic mass is 9.75. The van der Waals surface area contributed by atoms with Gasteiger partial charge in [0.15, 0.2) is 0 Å². The Labute approximate surface area is 141 Å². The molecule has 1 atom stereocenters. The number of methoxy groups -OCH3 is 1. The lowest BCUT2D eigenvalue weighted by Gasteiger charge is -2.41. The highest BCUT2D eigenvalue weighted by atomic mass is 19.1. The van der Waals surface area contributed by atoms with Crippen LogP contribution in [0.1, 0.15) is 25.3 Å². The molecule has 1 unspecified atom stereocenters. The van der Waals surface area contributed by atoms with Gasteiger partial charge in [0, 0.05) is 20.2 Å². The number of carbonyl (C=O) groups is 2. The van der Waals surface area contributed by atoms with Gasteiger partial charge in [-0.25, -0.2) is 4.39 Å². The summed E-state index contributed by atoms with van der Waals surface area (Å²) < 4.78 is 24.2. The van der Waals surface area contributed by atoms with E-state index in [2.05, 4.69) is 0 Å². The number of ether oxygens (including phenoxy) is 2. The molecule has 0 aliphatic carbocycles. The first kappa shape index (κ1) is 18.4. The van der Waals surface area contributed by atoms with Gasteiger partial charge in [-0.3, -0.25) is 9.59 Å². The Morgan fingerprint density at radius 1 is 1.33 bits per heavy atom. The molecule has 1 heterocycles. The number of carbonyl (C=O) groups excluding carboxylic acids is 2. The molecule has 0 N–H and O–H groups in total. The van der Waals surface area contributed by atoms with Crippen LogP contribution in [0.3, 0.4) is 0 Å². The number of nitrogens with zero attached hydrogens (tertiary/aromatic N) is 1. The number of amides is 1. The number of likely N-dealkylation sites (tertiary alicyclic amines) is 1. The maximum Gasteiger partial charge on any atom is 0.314 e. The number of esters is 1. The minimum Gasteiger partial charge on any atom is -0.466 e. The molecule has 5 nitrogen and oxygen atoms in total. The fourth-order valence-electron chi connectivity index (χ4n) is 3.23. The first-order valence-corrected chi connectivity index (χ1v) is 8.20. The molecule has 1 amide bonds. The molecule has 1 aliphatic heterocycles. The van der Waals surface area contributed by atoms with Gasteiger partial charge in [-0.2, -0.15) is 0 Å². The van der Waals surface area contributed by atoms with Gasteiger partial charge in [0.2, 0.25) is 5.91 Å². The van der Waals surface area contributed by atoms with E-state index in [1.54, 1.807) is 30.0 Å². The molecule has 1 saturated heterocycles. The standard InChI is InChI=1S/C18H24FNO4/c1-3-24-17(22)18(11-14-7-4-5-8-15(14)19)9-6-10-20(13-18)16(21)12-23-2/h4-5,7-8H,3,6,9-13H2,1-2H3. The number of hydrogen-bond donors (Lipinski definition) is 0. The van der Waals surface area contributed by atoms with Crippen molar-refractivity contribution in [1.29, 1.82) is 0 Å². The number of hydrogen-bond acceptors (Lipinski definition) is 4. The van der Waals surface area contributed by atoms with E-state index >= 15 is 0 Å². The van der Waals surface area contributed by atoms with Crippen LogP contribution in [0, 0.1) is 11.2 Å². The molecule has 0 spiro atoms. The highest BCUT2D eigenvalue weighted by Gasteiger charge is 2.45. The molecule has 132 valence electrons. The fraction of sp³-hybridized carbons (Fsp3) is 0.556. The van der Waals surface area contributed by atoms with E-state index in [-0.39, 0.29) is 43.9 Å². The zero-order valence-electron chi connectivity index (χ0n) is 14.2. The maximum absolute atomic E-state index is 14.1. The molecule has 0 bridgehead atoms. The zero-order chi connectivity index (χ0) is 17.6. The quantitative estimate of drug-likeness (QED) is 0.747. The van der Waals surface area contributed by atoms with E-state index in [0.29, 0.717) is 24.9 Å². The van der Waals surface area contributed by atoms with E-state index in [9.17, 15) is 14.0 Å². The van der Waals surface area contributed by atoms with Crippen molar-refractivity contribution in [3.8, 4) is 0 Å². The van der Waals surface area contributed by atoms with Gasteiger partial charge < -0.3 is 14.4 Å². The van der Waals surface area contributed by atoms with Crippen molar-refractivity contribution in [3.05, 3.63) is 35.6 Å². The van der Waals surface area contributed by atoms with Gasteiger partial charge in [-0.1, -0.05) is 18.2 Å². The second-order valence-corrected chi connectivity index (χ2v) is 6.12. The van der Waals surface area contributed by atoms with Gasteiger partial charge >= 0.3 is 5.97 Å². The SMILES string of the molecule is CCOC(=O)C1(Cc2ccccc2F)CCCN(C(=O)COC)C1. The van der Waals surface area contributed by atoms with E-state index < -0.39 is 5.41 Å². The van der Waals surface area contributed by atoms with E-state index in [0.717, 1.165) is 0 Å². The van der Waals surface area contributed by atoms with Crippen molar-refractivity contribution < 1.29 is 23.5 Å². The van der Waals surface area contributed by atoms with E-state index in [1.807, 2.05) is 0 Å². The van der Waals surface area contributed by atoms with Gasteiger partial charge in [0.1, 0.15) is 12.4 Å². The Kier molecular flexibility index (Phi) is 6.31. The smallest absolute Gasteiger partial charge is 0.314 e. The minimum atomic E-state index is -0.917. The number of benzene rings is 1. The lowest BCUT2D eigenvalue weighted by molar-refractivity contribution is -0.161. The molecule has 1 aromatic rings. The molecule has 24 heavy (non-hydrogen) atoms. The molecule has 1 fully saturated rings. The summed E-state index contributed by atoms with van der Waals surface area (Å²) in [7, 11) is 1.46. The van der Waals surface area contributed by atoms with Crippen LogP contribution >= 0.6 is 0 Å². The highest BCUT2D eigenvalue weighted by Crippen LogP contribution is 2.36. The third-order valence-electron chi connectivity index (χ3n) is 4.39. The van der Waals surface area contributed by atoms with Gasteiger partial charge in [-0.05, 0) is 37.8 Å². The molecular weight excluding hydrogens is 313 g/mol. The maximum atomic E-state index is 14.1. The van der Waals surface area contributed by atoms with Crippen molar-refractivity contribution in [2.75, 3.05) is 33.4 Å². The van der Waals surface area contributed by atoms with Crippen LogP contribution in [0.4, 0.5) is 4.39 Å². The lowest BCUT2D eigenvalue weighted by Crippen LogP contribution is -2.52. The number of rotatable bonds is 6. The van der Waals surface area contributed by atoms with Crippen LogP contribution in [-0.2, 0) is 25.5 Å². The van der Waals surface area contributed by atoms with E-state index in [4.69, 9.17) is 9.47 Å². The molecule has 1 aliphatic rings. The zero-order valence-corrected chi connectivity index (χ0v) is 14.2. The summed E-state index contributed by atoms with van der Waals surface area (Å²) in [4.78, 5) is 26.4. The monoisotopic (exact) mass is 337 g/mol. The summed E-state index contributed by atoms with van der Waals surface area (Å²) in [6.45, 7) is 2.76. The molecule has 6 heteroatoms. The van der Waals surface area contributed by atoms with Crippen LogP contribution in [0.5, 0.6) is 0 Å². The summed E-state index contributed by atoms with van der Waals surface area (Å²) in [5.74, 6) is -0.885. The van der Waals surface area contributed by atoms with Crippen LogP contribution < -0.4 is 0 Å². The van der Waals surface area contributed by atoms with Crippen LogP contribution in [0.15, 0.2) is 24.3 Å².